The number of rotatable bonds is 7. The number of benzene rings is 2. The van der Waals surface area contributed by atoms with Gasteiger partial charge in [-0.15, -0.1) is 0 Å². The van der Waals surface area contributed by atoms with Crippen molar-refractivity contribution in [2.45, 2.75) is 51.9 Å². The predicted octanol–water partition coefficient (Wildman–Crippen LogP) is 4.50. The van der Waals surface area contributed by atoms with Crippen LogP contribution in [0, 0.1) is 5.92 Å². The fourth-order valence-corrected chi connectivity index (χ4v) is 4.24. The van der Waals surface area contributed by atoms with Crippen LogP contribution >= 0.6 is 0 Å². The predicted molar refractivity (Wildman–Crippen MR) is 110 cm³/mol. The number of Topliss-reactive ketones (excluding diaryl/α,β-unsaturated/α-hetero) is 1. The molecular weight excluding hydrogens is 374 g/mol. The largest absolute Gasteiger partial charge is 0.380 e. The molecule has 2 aromatic carbocycles. The molecule has 2 N–H and O–H groups in total. The summed E-state index contributed by atoms with van der Waals surface area (Å²) in [6.07, 6.45) is 0.803. The number of carbonyl (C=O) groups is 1. The molecule has 2 aromatic rings. The van der Waals surface area contributed by atoms with E-state index in [0.717, 1.165) is 17.5 Å². The van der Waals surface area contributed by atoms with Gasteiger partial charge >= 0.3 is 10.3 Å². The smallest absolute Gasteiger partial charge is 0.370 e. The highest BCUT2D eigenvalue weighted by atomic mass is 32.2. The molecule has 0 bridgehead atoms. The van der Waals surface area contributed by atoms with E-state index in [-0.39, 0.29) is 35.2 Å². The quantitative estimate of drug-likeness (QED) is 0.692. The molecule has 2 atom stereocenters. The van der Waals surface area contributed by atoms with Gasteiger partial charge < -0.3 is 4.18 Å². The molecule has 150 valence electrons. The maximum absolute atomic E-state index is 13.3. The standard InChI is InChI=1S/C22H27NO4S/c1-13(2)16-10-11-17(20(14(3)4)22(16)27-28(23,25)26)21(24)19-12-18(19)15-8-6-5-7-9-15/h5-11,13-14,18-19H,12H2,1-4H3,(H2,23,25,26). The van der Waals surface area contributed by atoms with Crippen LogP contribution in [0.1, 0.15) is 78.9 Å². The van der Waals surface area contributed by atoms with Crippen molar-refractivity contribution in [1.29, 1.82) is 0 Å². The van der Waals surface area contributed by atoms with E-state index in [9.17, 15) is 13.2 Å². The highest BCUT2D eigenvalue weighted by Gasteiger charge is 2.45. The minimum atomic E-state index is -4.20. The first kappa shape index (κ1) is 20.6. The molecule has 1 saturated carbocycles. The Labute approximate surface area is 167 Å². The molecule has 0 amide bonds. The monoisotopic (exact) mass is 401 g/mol. The molecule has 0 radical (unpaired) electrons. The summed E-state index contributed by atoms with van der Waals surface area (Å²) >= 11 is 0. The second-order valence-electron chi connectivity index (χ2n) is 8.05. The Hall–Kier alpha value is -2.18. The first-order valence-electron chi connectivity index (χ1n) is 9.58. The molecule has 3 rings (SSSR count). The molecule has 1 aliphatic carbocycles. The molecule has 6 heteroatoms. The van der Waals surface area contributed by atoms with E-state index in [1.165, 1.54) is 0 Å². The van der Waals surface area contributed by atoms with Crippen LogP contribution in [0.15, 0.2) is 42.5 Å². The summed E-state index contributed by atoms with van der Waals surface area (Å²) in [5.74, 6) is 0.287. The normalized spacial score (nSPS) is 19.1. The second kappa shape index (κ2) is 7.68. The number of hydrogen-bond donors (Lipinski definition) is 1. The minimum absolute atomic E-state index is 0.0244. The Morgan fingerprint density at radius 1 is 1.04 bits per heavy atom. The SMILES string of the molecule is CC(C)c1ccc(C(=O)C2CC2c2ccccc2)c(C(C)C)c1OS(N)(=O)=O. The number of hydrogen-bond acceptors (Lipinski definition) is 4. The van der Waals surface area contributed by atoms with Gasteiger partial charge in [-0.25, -0.2) is 0 Å². The van der Waals surface area contributed by atoms with E-state index < -0.39 is 10.3 Å². The molecule has 0 spiro atoms. The van der Waals surface area contributed by atoms with Gasteiger partial charge in [0.15, 0.2) is 11.5 Å². The Morgan fingerprint density at radius 3 is 2.21 bits per heavy atom. The zero-order chi connectivity index (χ0) is 20.6. The van der Waals surface area contributed by atoms with Crippen molar-refractivity contribution in [3.05, 3.63) is 64.7 Å². The van der Waals surface area contributed by atoms with Gasteiger partial charge in [-0.3, -0.25) is 4.79 Å². The first-order valence-corrected chi connectivity index (χ1v) is 11.1. The summed E-state index contributed by atoms with van der Waals surface area (Å²) in [6, 6.07) is 13.6. The molecular formula is C22H27NO4S. The summed E-state index contributed by atoms with van der Waals surface area (Å²) < 4.78 is 28.6. The lowest BCUT2D eigenvalue weighted by Crippen LogP contribution is -2.22. The molecule has 0 aromatic heterocycles. The molecule has 5 nitrogen and oxygen atoms in total. The highest BCUT2D eigenvalue weighted by Crippen LogP contribution is 2.50. The van der Waals surface area contributed by atoms with E-state index in [2.05, 4.69) is 0 Å². The summed E-state index contributed by atoms with van der Waals surface area (Å²) in [6.45, 7) is 7.74. The van der Waals surface area contributed by atoms with Gasteiger partial charge in [-0.2, -0.15) is 13.6 Å². The third kappa shape index (κ3) is 4.28. The zero-order valence-corrected chi connectivity index (χ0v) is 17.5. The fraction of sp³-hybridized carbons (Fsp3) is 0.409. The molecule has 0 heterocycles. The van der Waals surface area contributed by atoms with E-state index >= 15 is 0 Å². The van der Waals surface area contributed by atoms with Crippen LogP contribution in [-0.4, -0.2) is 14.2 Å². The van der Waals surface area contributed by atoms with Crippen LogP contribution in [0.25, 0.3) is 0 Å². The van der Waals surface area contributed by atoms with Crippen molar-refractivity contribution in [2.75, 3.05) is 0 Å². The second-order valence-corrected chi connectivity index (χ2v) is 9.21. The van der Waals surface area contributed by atoms with Gasteiger partial charge in [0.1, 0.15) is 0 Å². The van der Waals surface area contributed by atoms with Gasteiger partial charge in [0.25, 0.3) is 0 Å². The lowest BCUT2D eigenvalue weighted by molar-refractivity contribution is 0.0963. The van der Waals surface area contributed by atoms with Crippen LogP contribution in [-0.2, 0) is 10.3 Å². The Kier molecular flexibility index (Phi) is 5.64. The Balaban J connectivity index is 2.04. The van der Waals surface area contributed by atoms with Crippen LogP contribution in [0.2, 0.25) is 0 Å². The highest BCUT2D eigenvalue weighted by molar-refractivity contribution is 7.84. The van der Waals surface area contributed by atoms with Gasteiger partial charge in [-0.05, 0) is 35.3 Å². The molecule has 1 fully saturated rings. The van der Waals surface area contributed by atoms with Crippen molar-refractivity contribution < 1.29 is 17.4 Å². The Morgan fingerprint density at radius 2 is 1.68 bits per heavy atom. The van der Waals surface area contributed by atoms with Gasteiger partial charge in [0, 0.05) is 17.0 Å². The third-order valence-electron chi connectivity index (χ3n) is 5.25. The van der Waals surface area contributed by atoms with Crippen LogP contribution in [0.5, 0.6) is 5.75 Å². The minimum Gasteiger partial charge on any atom is -0.370 e. The van der Waals surface area contributed by atoms with Crippen LogP contribution in [0.4, 0.5) is 0 Å². The lowest BCUT2D eigenvalue weighted by atomic mass is 9.87. The maximum Gasteiger partial charge on any atom is 0.380 e. The number of carbonyl (C=O) groups excluding carboxylic acids is 1. The van der Waals surface area contributed by atoms with Crippen molar-refractivity contribution in [3.8, 4) is 5.75 Å². The number of ketones is 1. The Bertz CT molecular complexity index is 981. The zero-order valence-electron chi connectivity index (χ0n) is 16.7. The molecule has 2 unspecified atom stereocenters. The van der Waals surface area contributed by atoms with Gasteiger partial charge in [0.05, 0.1) is 0 Å². The van der Waals surface area contributed by atoms with Gasteiger partial charge in [0.2, 0.25) is 0 Å². The van der Waals surface area contributed by atoms with Crippen molar-refractivity contribution in [1.82, 2.24) is 0 Å². The molecule has 0 saturated heterocycles. The maximum atomic E-state index is 13.3. The van der Waals surface area contributed by atoms with E-state index in [0.29, 0.717) is 11.1 Å². The summed E-state index contributed by atoms with van der Waals surface area (Å²) in [5.41, 5.74) is 3.03. The lowest BCUT2D eigenvalue weighted by Gasteiger charge is -2.21. The van der Waals surface area contributed by atoms with E-state index in [1.54, 1.807) is 6.07 Å². The molecule has 28 heavy (non-hydrogen) atoms. The van der Waals surface area contributed by atoms with E-state index in [4.69, 9.17) is 9.32 Å². The molecule has 0 aliphatic heterocycles. The fourth-order valence-electron chi connectivity index (χ4n) is 3.82. The van der Waals surface area contributed by atoms with Gasteiger partial charge in [-0.1, -0.05) is 70.2 Å². The summed E-state index contributed by atoms with van der Waals surface area (Å²) in [7, 11) is -4.20. The topological polar surface area (TPSA) is 86.5 Å². The van der Waals surface area contributed by atoms with Crippen LogP contribution < -0.4 is 9.32 Å². The van der Waals surface area contributed by atoms with Crippen LogP contribution in [0.3, 0.4) is 0 Å². The number of nitrogens with two attached hydrogens (primary N) is 1. The summed E-state index contributed by atoms with van der Waals surface area (Å²) in [5, 5.41) is 5.17. The summed E-state index contributed by atoms with van der Waals surface area (Å²) in [4.78, 5) is 13.3. The average Bonchev–Trinajstić information content (AvgIpc) is 3.40. The third-order valence-corrected chi connectivity index (χ3v) is 5.64. The van der Waals surface area contributed by atoms with Crippen molar-refractivity contribution >= 4 is 16.1 Å². The average molecular weight is 402 g/mol. The first-order chi connectivity index (χ1) is 13.1. The van der Waals surface area contributed by atoms with E-state index in [1.807, 2.05) is 64.1 Å². The van der Waals surface area contributed by atoms with Crippen molar-refractivity contribution in [3.63, 3.8) is 0 Å². The van der Waals surface area contributed by atoms with Crippen molar-refractivity contribution in [2.24, 2.45) is 11.1 Å². The molecule has 1 aliphatic rings.